The first kappa shape index (κ1) is 15.0. The lowest BCUT2D eigenvalue weighted by molar-refractivity contribution is -0.385. The fourth-order valence-electron chi connectivity index (χ4n) is 2.13. The van der Waals surface area contributed by atoms with Gasteiger partial charge in [-0.2, -0.15) is 0 Å². The first-order valence-corrected chi connectivity index (χ1v) is 7.02. The first-order valence-electron chi connectivity index (χ1n) is 7.02. The largest absolute Gasteiger partial charge is 0.487 e. The van der Waals surface area contributed by atoms with E-state index >= 15 is 0 Å². The quantitative estimate of drug-likeness (QED) is 0.594. The van der Waals surface area contributed by atoms with Crippen LogP contribution in [-0.2, 0) is 6.42 Å². The predicted octanol–water partition coefficient (Wildman–Crippen LogP) is 4.01. The molecule has 0 unspecified atom stereocenters. The number of ether oxygens (including phenoxy) is 1. The van der Waals surface area contributed by atoms with Crippen LogP contribution in [0.15, 0.2) is 36.5 Å². The number of aryl methyl sites for hydroxylation is 1. The molecule has 1 heterocycles. The molecule has 0 bridgehead atoms. The fraction of sp³-hybridized carbons (Fsp3) is 0.312. The second kappa shape index (κ2) is 6.83. The van der Waals surface area contributed by atoms with Crippen LogP contribution in [0.3, 0.4) is 0 Å². The van der Waals surface area contributed by atoms with Crippen molar-refractivity contribution in [2.75, 3.05) is 6.61 Å². The molecule has 0 N–H and O–H groups in total. The molecule has 0 atom stereocenters. The molecule has 21 heavy (non-hydrogen) atoms. The third-order valence-electron chi connectivity index (χ3n) is 3.11. The van der Waals surface area contributed by atoms with Gasteiger partial charge < -0.3 is 4.74 Å². The zero-order valence-corrected chi connectivity index (χ0v) is 12.2. The van der Waals surface area contributed by atoms with E-state index in [0.29, 0.717) is 12.2 Å². The van der Waals surface area contributed by atoms with E-state index in [0.717, 1.165) is 18.5 Å². The van der Waals surface area contributed by atoms with Crippen LogP contribution in [-0.4, -0.2) is 16.5 Å². The van der Waals surface area contributed by atoms with Gasteiger partial charge in [-0.05, 0) is 37.1 Å². The first-order chi connectivity index (χ1) is 10.2. The molecule has 1 aromatic carbocycles. The van der Waals surface area contributed by atoms with Crippen molar-refractivity contribution >= 4 is 5.69 Å². The molecule has 0 aliphatic rings. The maximum atomic E-state index is 11.1. The zero-order chi connectivity index (χ0) is 15.2. The third-order valence-corrected chi connectivity index (χ3v) is 3.11. The molecule has 5 heteroatoms. The molecule has 0 saturated heterocycles. The van der Waals surface area contributed by atoms with Crippen molar-refractivity contribution < 1.29 is 9.66 Å². The van der Waals surface area contributed by atoms with E-state index in [1.807, 2.05) is 18.3 Å². The molecule has 0 amide bonds. The Morgan fingerprint density at radius 1 is 1.24 bits per heavy atom. The number of pyridine rings is 1. The summed E-state index contributed by atoms with van der Waals surface area (Å²) in [7, 11) is 0. The van der Waals surface area contributed by atoms with Crippen LogP contribution in [0.1, 0.15) is 25.8 Å². The highest BCUT2D eigenvalue weighted by molar-refractivity contribution is 5.66. The summed E-state index contributed by atoms with van der Waals surface area (Å²) in [6.07, 6.45) is 3.87. The second-order valence-corrected chi connectivity index (χ2v) is 4.67. The highest BCUT2D eigenvalue weighted by atomic mass is 16.6. The van der Waals surface area contributed by atoms with E-state index in [1.165, 1.54) is 11.6 Å². The summed E-state index contributed by atoms with van der Waals surface area (Å²) < 4.78 is 5.28. The molecular formula is C16H18N2O3. The standard InChI is InChI=1S/C16H18N2O3/c1-3-5-12-6-8-14(17-11-12)13-7-9-16(21-4-2)15(10-13)18(19)20/h6-11H,3-5H2,1-2H3. The van der Waals surface area contributed by atoms with Gasteiger partial charge in [-0.15, -0.1) is 0 Å². The summed E-state index contributed by atoms with van der Waals surface area (Å²) in [4.78, 5) is 15.1. The van der Waals surface area contributed by atoms with Gasteiger partial charge in [0.2, 0.25) is 0 Å². The number of benzene rings is 1. The van der Waals surface area contributed by atoms with E-state index in [1.54, 1.807) is 19.1 Å². The summed E-state index contributed by atoms with van der Waals surface area (Å²) in [5, 5.41) is 11.1. The smallest absolute Gasteiger partial charge is 0.311 e. The monoisotopic (exact) mass is 286 g/mol. The minimum Gasteiger partial charge on any atom is -0.487 e. The number of rotatable bonds is 6. The Bertz CT molecular complexity index is 624. The molecule has 5 nitrogen and oxygen atoms in total. The van der Waals surface area contributed by atoms with Gasteiger partial charge in [0.05, 0.1) is 17.2 Å². The number of nitrogens with zero attached hydrogens (tertiary/aromatic N) is 2. The Kier molecular flexibility index (Phi) is 4.87. The van der Waals surface area contributed by atoms with E-state index < -0.39 is 4.92 Å². The average molecular weight is 286 g/mol. The maximum Gasteiger partial charge on any atom is 0.311 e. The fourth-order valence-corrected chi connectivity index (χ4v) is 2.13. The van der Waals surface area contributed by atoms with Gasteiger partial charge >= 0.3 is 5.69 Å². The molecule has 0 saturated carbocycles. The Balaban J connectivity index is 2.35. The van der Waals surface area contributed by atoms with Gasteiger partial charge in [-0.25, -0.2) is 0 Å². The number of aromatic nitrogens is 1. The van der Waals surface area contributed by atoms with E-state index in [-0.39, 0.29) is 11.4 Å². The Hall–Kier alpha value is -2.43. The van der Waals surface area contributed by atoms with E-state index in [4.69, 9.17) is 4.74 Å². The van der Waals surface area contributed by atoms with E-state index in [2.05, 4.69) is 11.9 Å². The number of nitro benzene ring substituents is 1. The predicted molar refractivity (Wildman–Crippen MR) is 81.5 cm³/mol. The number of nitro groups is 1. The molecule has 0 radical (unpaired) electrons. The van der Waals surface area contributed by atoms with Crippen LogP contribution in [0.25, 0.3) is 11.3 Å². The van der Waals surface area contributed by atoms with Crippen molar-refractivity contribution in [1.82, 2.24) is 4.98 Å². The van der Waals surface area contributed by atoms with Crippen LogP contribution in [0.5, 0.6) is 5.75 Å². The number of hydrogen-bond donors (Lipinski definition) is 0. The van der Waals surface area contributed by atoms with Gasteiger partial charge in [0.1, 0.15) is 0 Å². The van der Waals surface area contributed by atoms with Gasteiger partial charge in [-0.3, -0.25) is 15.1 Å². The summed E-state index contributed by atoms with van der Waals surface area (Å²) in [6.45, 7) is 4.31. The van der Waals surface area contributed by atoms with Crippen molar-refractivity contribution in [2.45, 2.75) is 26.7 Å². The van der Waals surface area contributed by atoms with Crippen LogP contribution in [0.4, 0.5) is 5.69 Å². The number of hydrogen-bond acceptors (Lipinski definition) is 4. The molecule has 2 aromatic rings. The lowest BCUT2D eigenvalue weighted by Crippen LogP contribution is -1.98. The van der Waals surface area contributed by atoms with Crippen molar-refractivity contribution in [3.63, 3.8) is 0 Å². The summed E-state index contributed by atoms with van der Waals surface area (Å²) in [5.41, 5.74) is 2.57. The summed E-state index contributed by atoms with van der Waals surface area (Å²) in [5.74, 6) is 0.286. The molecule has 0 aliphatic carbocycles. The SMILES string of the molecule is CCCc1ccc(-c2ccc(OCC)c([N+](=O)[O-])c2)nc1. The van der Waals surface area contributed by atoms with Crippen molar-refractivity contribution in [1.29, 1.82) is 0 Å². The second-order valence-electron chi connectivity index (χ2n) is 4.67. The van der Waals surface area contributed by atoms with Gasteiger partial charge in [0.15, 0.2) is 5.75 Å². The summed E-state index contributed by atoms with van der Waals surface area (Å²) >= 11 is 0. The van der Waals surface area contributed by atoms with Crippen LogP contribution in [0.2, 0.25) is 0 Å². The van der Waals surface area contributed by atoms with Gasteiger partial charge in [0.25, 0.3) is 0 Å². The molecule has 1 aromatic heterocycles. The summed E-state index contributed by atoms with van der Waals surface area (Å²) in [6, 6.07) is 8.82. The van der Waals surface area contributed by atoms with Gasteiger partial charge in [-0.1, -0.05) is 19.4 Å². The Morgan fingerprint density at radius 3 is 2.62 bits per heavy atom. The lowest BCUT2D eigenvalue weighted by Gasteiger charge is -2.07. The zero-order valence-electron chi connectivity index (χ0n) is 12.2. The lowest BCUT2D eigenvalue weighted by atomic mass is 10.1. The minimum atomic E-state index is -0.431. The topological polar surface area (TPSA) is 65.3 Å². The highest BCUT2D eigenvalue weighted by Gasteiger charge is 2.16. The van der Waals surface area contributed by atoms with Crippen LogP contribution in [0, 0.1) is 10.1 Å². The van der Waals surface area contributed by atoms with Crippen LogP contribution < -0.4 is 4.74 Å². The molecule has 0 spiro atoms. The van der Waals surface area contributed by atoms with Crippen molar-refractivity contribution in [2.24, 2.45) is 0 Å². The average Bonchev–Trinajstić information content (AvgIpc) is 2.49. The van der Waals surface area contributed by atoms with Crippen molar-refractivity contribution in [3.8, 4) is 17.0 Å². The highest BCUT2D eigenvalue weighted by Crippen LogP contribution is 2.31. The molecule has 2 rings (SSSR count). The minimum absolute atomic E-state index is 0.0335. The van der Waals surface area contributed by atoms with Crippen LogP contribution >= 0.6 is 0 Å². The van der Waals surface area contributed by atoms with E-state index in [9.17, 15) is 10.1 Å². The molecule has 0 aliphatic heterocycles. The maximum absolute atomic E-state index is 11.1. The van der Waals surface area contributed by atoms with Gasteiger partial charge in [0, 0.05) is 17.8 Å². The molecule has 110 valence electrons. The molecular weight excluding hydrogens is 268 g/mol. The Morgan fingerprint density at radius 2 is 2.05 bits per heavy atom. The normalized spacial score (nSPS) is 10.4. The molecule has 0 fully saturated rings. The Labute approximate surface area is 123 Å². The third kappa shape index (κ3) is 3.56. The van der Waals surface area contributed by atoms with Crippen molar-refractivity contribution in [3.05, 3.63) is 52.2 Å².